The molecule has 0 saturated heterocycles. The van der Waals surface area contributed by atoms with Crippen molar-refractivity contribution in [2.45, 2.75) is 6.92 Å². The van der Waals surface area contributed by atoms with Crippen LogP contribution in [0.5, 0.6) is 0 Å². The number of Topliss-reactive ketones (excluding diaryl/α,β-unsaturated/α-hetero) is 1. The van der Waals surface area contributed by atoms with Gasteiger partial charge in [-0.15, -0.1) is 0 Å². The van der Waals surface area contributed by atoms with E-state index in [-0.39, 0.29) is 5.78 Å². The minimum absolute atomic E-state index is 0.0878. The quantitative estimate of drug-likeness (QED) is 0.636. The third-order valence-electron chi connectivity index (χ3n) is 1.97. The van der Waals surface area contributed by atoms with E-state index in [0.29, 0.717) is 16.5 Å². The fraction of sp³-hybridized carbons (Fsp3) is 0.100. The Labute approximate surface area is 79.2 Å². The molecule has 1 heterocycles. The highest BCUT2D eigenvalue weighted by Crippen LogP contribution is 2.10. The van der Waals surface area contributed by atoms with Crippen LogP contribution in [0.2, 0.25) is 0 Å². The van der Waals surface area contributed by atoms with E-state index < -0.39 is 5.63 Å². The third-order valence-corrected chi connectivity index (χ3v) is 1.97. The first-order valence-electron chi connectivity index (χ1n) is 4.07. The van der Waals surface area contributed by atoms with Gasteiger partial charge in [-0.3, -0.25) is 4.79 Å². The predicted octanol–water partition coefficient (Wildman–Crippen LogP) is 1.39. The van der Waals surface area contributed by atoms with E-state index in [9.17, 15) is 9.59 Å². The topological polar surface area (TPSA) is 60.2 Å². The highest BCUT2D eigenvalue weighted by Gasteiger charge is 2.04. The average Bonchev–Trinajstić information content (AvgIpc) is 2.18. The Hall–Kier alpha value is -1.97. The Morgan fingerprint density at radius 2 is 2.21 bits per heavy atom. The molecule has 4 nitrogen and oxygen atoms in total. The number of aromatic nitrogens is 1. The van der Waals surface area contributed by atoms with E-state index in [1.54, 1.807) is 12.1 Å². The van der Waals surface area contributed by atoms with E-state index in [4.69, 9.17) is 0 Å². The second kappa shape index (κ2) is 3.06. The predicted molar refractivity (Wildman–Crippen MR) is 50.3 cm³/mol. The number of carbonyl (C=O) groups is 1. The van der Waals surface area contributed by atoms with Crippen molar-refractivity contribution in [1.82, 2.24) is 4.98 Å². The first kappa shape index (κ1) is 8.62. The fourth-order valence-corrected chi connectivity index (χ4v) is 1.23. The minimum Gasteiger partial charge on any atom is -0.411 e. The molecular formula is C10H7NO3. The van der Waals surface area contributed by atoms with Crippen LogP contribution in [0.25, 0.3) is 10.9 Å². The number of rotatable bonds is 1. The summed E-state index contributed by atoms with van der Waals surface area (Å²) in [6, 6.07) is 4.76. The van der Waals surface area contributed by atoms with Crippen LogP contribution in [0.1, 0.15) is 17.3 Å². The van der Waals surface area contributed by atoms with E-state index in [2.05, 4.69) is 9.40 Å². The molecule has 0 bridgehead atoms. The lowest BCUT2D eigenvalue weighted by atomic mass is 10.1. The minimum atomic E-state index is -0.474. The van der Waals surface area contributed by atoms with Crippen LogP contribution in [-0.2, 0) is 0 Å². The van der Waals surface area contributed by atoms with Crippen LogP contribution in [0.4, 0.5) is 0 Å². The molecule has 0 atom stereocenters. The number of fused-ring (bicyclic) bond motifs is 1. The summed E-state index contributed by atoms with van der Waals surface area (Å²) in [5, 5.41) is 0.334. The van der Waals surface area contributed by atoms with Gasteiger partial charge in [0, 0.05) is 5.56 Å². The SMILES string of the molecule is CC(=O)c1ccc2ncoc(=O)c2c1. The summed E-state index contributed by atoms with van der Waals surface area (Å²) in [7, 11) is 0. The molecule has 0 aliphatic carbocycles. The van der Waals surface area contributed by atoms with Gasteiger partial charge in [-0.1, -0.05) is 0 Å². The Morgan fingerprint density at radius 1 is 1.43 bits per heavy atom. The van der Waals surface area contributed by atoms with E-state index in [1.807, 2.05) is 0 Å². The molecule has 70 valence electrons. The summed E-state index contributed by atoms with van der Waals surface area (Å²) in [6.07, 6.45) is 1.10. The third kappa shape index (κ3) is 1.31. The summed E-state index contributed by atoms with van der Waals surface area (Å²) in [4.78, 5) is 26.1. The number of hydrogen-bond donors (Lipinski definition) is 0. The monoisotopic (exact) mass is 189 g/mol. The molecule has 0 N–H and O–H groups in total. The largest absolute Gasteiger partial charge is 0.411 e. The number of hydrogen-bond acceptors (Lipinski definition) is 4. The maximum atomic E-state index is 11.2. The van der Waals surface area contributed by atoms with Gasteiger partial charge in [-0.05, 0) is 25.1 Å². The van der Waals surface area contributed by atoms with Gasteiger partial charge in [0.2, 0.25) is 0 Å². The molecule has 2 aromatic rings. The molecule has 0 fully saturated rings. The molecule has 0 saturated carbocycles. The van der Waals surface area contributed by atoms with Gasteiger partial charge >= 0.3 is 5.63 Å². The van der Waals surface area contributed by atoms with Crippen LogP contribution >= 0.6 is 0 Å². The molecule has 0 unspecified atom stereocenters. The molecule has 0 radical (unpaired) electrons. The Morgan fingerprint density at radius 3 is 2.93 bits per heavy atom. The standard InChI is InChI=1S/C10H7NO3/c1-6(12)7-2-3-9-8(4-7)10(13)14-5-11-9/h2-5H,1H3. The van der Waals surface area contributed by atoms with Gasteiger partial charge < -0.3 is 4.42 Å². The summed E-state index contributed by atoms with van der Waals surface area (Å²) < 4.78 is 4.60. The second-order valence-corrected chi connectivity index (χ2v) is 2.93. The van der Waals surface area contributed by atoms with Gasteiger partial charge in [0.25, 0.3) is 0 Å². The lowest BCUT2D eigenvalue weighted by Crippen LogP contribution is -2.02. The summed E-state index contributed by atoms with van der Waals surface area (Å²) in [6.45, 7) is 1.44. The molecule has 2 rings (SSSR count). The molecule has 0 aliphatic rings. The Balaban J connectivity index is 2.83. The number of ketones is 1. The van der Waals surface area contributed by atoms with Crippen molar-refractivity contribution >= 4 is 16.7 Å². The molecule has 14 heavy (non-hydrogen) atoms. The van der Waals surface area contributed by atoms with Gasteiger partial charge in [0.05, 0.1) is 10.9 Å². The molecule has 1 aromatic carbocycles. The van der Waals surface area contributed by atoms with Crippen molar-refractivity contribution in [1.29, 1.82) is 0 Å². The zero-order chi connectivity index (χ0) is 10.1. The Kier molecular flexibility index (Phi) is 1.89. The molecule has 1 aromatic heterocycles. The van der Waals surface area contributed by atoms with Crippen molar-refractivity contribution in [2.75, 3.05) is 0 Å². The molecule has 4 heteroatoms. The van der Waals surface area contributed by atoms with Gasteiger partial charge in [-0.25, -0.2) is 9.78 Å². The van der Waals surface area contributed by atoms with Crippen LogP contribution in [0.15, 0.2) is 33.8 Å². The highest BCUT2D eigenvalue weighted by atomic mass is 16.4. The molecule has 0 aliphatic heterocycles. The van der Waals surface area contributed by atoms with Crippen molar-refractivity contribution in [3.05, 3.63) is 40.6 Å². The lowest BCUT2D eigenvalue weighted by Gasteiger charge is -1.96. The maximum absolute atomic E-state index is 11.2. The first-order chi connectivity index (χ1) is 6.68. The van der Waals surface area contributed by atoms with Crippen LogP contribution in [0, 0.1) is 0 Å². The van der Waals surface area contributed by atoms with Crippen molar-refractivity contribution in [3.8, 4) is 0 Å². The summed E-state index contributed by atoms with van der Waals surface area (Å²) in [5.74, 6) is -0.0878. The molecular weight excluding hydrogens is 182 g/mol. The maximum Gasteiger partial charge on any atom is 0.346 e. The van der Waals surface area contributed by atoms with Gasteiger partial charge in [0.1, 0.15) is 0 Å². The van der Waals surface area contributed by atoms with E-state index >= 15 is 0 Å². The van der Waals surface area contributed by atoms with Crippen molar-refractivity contribution < 1.29 is 9.21 Å². The number of benzene rings is 1. The lowest BCUT2D eigenvalue weighted by molar-refractivity contribution is 0.101. The molecule has 0 amide bonds. The second-order valence-electron chi connectivity index (χ2n) is 2.93. The summed E-state index contributed by atoms with van der Waals surface area (Å²) >= 11 is 0. The zero-order valence-corrected chi connectivity index (χ0v) is 7.48. The van der Waals surface area contributed by atoms with Gasteiger partial charge in [0.15, 0.2) is 12.2 Å². The zero-order valence-electron chi connectivity index (χ0n) is 7.48. The molecule has 0 spiro atoms. The summed E-state index contributed by atoms with van der Waals surface area (Å²) in [5.41, 5.74) is 0.544. The number of carbonyl (C=O) groups excluding carboxylic acids is 1. The van der Waals surface area contributed by atoms with E-state index in [1.165, 1.54) is 13.0 Å². The highest BCUT2D eigenvalue weighted by molar-refractivity contribution is 5.97. The van der Waals surface area contributed by atoms with Crippen LogP contribution in [-0.4, -0.2) is 10.8 Å². The first-order valence-corrected chi connectivity index (χ1v) is 4.07. The van der Waals surface area contributed by atoms with Crippen LogP contribution < -0.4 is 5.63 Å². The Bertz CT molecular complexity index is 557. The normalized spacial score (nSPS) is 10.4. The van der Waals surface area contributed by atoms with E-state index in [0.717, 1.165) is 6.39 Å². The smallest absolute Gasteiger partial charge is 0.346 e. The van der Waals surface area contributed by atoms with Gasteiger partial charge in [-0.2, -0.15) is 0 Å². The van der Waals surface area contributed by atoms with Crippen molar-refractivity contribution in [2.24, 2.45) is 0 Å². The van der Waals surface area contributed by atoms with Crippen molar-refractivity contribution in [3.63, 3.8) is 0 Å². The number of nitrogens with zero attached hydrogens (tertiary/aromatic N) is 1. The average molecular weight is 189 g/mol. The fourth-order valence-electron chi connectivity index (χ4n) is 1.23. The van der Waals surface area contributed by atoms with Crippen LogP contribution in [0.3, 0.4) is 0 Å².